The molecule has 0 atom stereocenters. The highest BCUT2D eigenvalue weighted by molar-refractivity contribution is 6.04. The van der Waals surface area contributed by atoms with E-state index in [4.69, 9.17) is 0 Å². The van der Waals surface area contributed by atoms with Gasteiger partial charge < -0.3 is 19.8 Å². The van der Waals surface area contributed by atoms with Crippen molar-refractivity contribution >= 4 is 17.5 Å². The van der Waals surface area contributed by atoms with Crippen LogP contribution in [0.15, 0.2) is 46.0 Å². The third-order valence-electron chi connectivity index (χ3n) is 4.19. The molecule has 1 aromatic carbocycles. The van der Waals surface area contributed by atoms with E-state index in [0.29, 0.717) is 5.56 Å². The topological polar surface area (TPSA) is 113 Å². The third-order valence-corrected chi connectivity index (χ3v) is 4.19. The number of alkyl halides is 3. The van der Waals surface area contributed by atoms with Gasteiger partial charge in [0.05, 0.1) is 11.8 Å². The van der Waals surface area contributed by atoms with Crippen molar-refractivity contribution in [2.75, 3.05) is 17.3 Å². The van der Waals surface area contributed by atoms with Gasteiger partial charge >= 0.3 is 6.18 Å². The van der Waals surface area contributed by atoms with Crippen molar-refractivity contribution in [3.8, 4) is 5.75 Å². The molecule has 2 N–H and O–H groups in total. The average molecular weight is 423 g/mol. The number of hydrogen-bond acceptors (Lipinski definition) is 7. The average Bonchev–Trinajstić information content (AvgIpc) is 3.19. The summed E-state index contributed by atoms with van der Waals surface area (Å²) in [7, 11) is 2.88. The lowest BCUT2D eigenvalue weighted by atomic mass is 10.1. The molecule has 0 aliphatic heterocycles. The molecule has 0 aliphatic carbocycles. The lowest BCUT2D eigenvalue weighted by Crippen LogP contribution is -2.31. The van der Waals surface area contributed by atoms with E-state index >= 15 is 0 Å². The maximum absolute atomic E-state index is 12.7. The Morgan fingerprint density at radius 3 is 2.53 bits per heavy atom. The SMILES string of the molecule is CN(Cc1ccc(C(F)(F)F)cc1)c1nc(C(=O)Nc2cnoc2)c(O)c(=O)n1C. The molecule has 0 unspecified atom stereocenters. The summed E-state index contributed by atoms with van der Waals surface area (Å²) < 4.78 is 43.7. The molecule has 0 fully saturated rings. The number of rotatable bonds is 5. The Labute approximate surface area is 167 Å². The number of nitrogens with one attached hydrogen (secondary N) is 1. The first-order valence-electron chi connectivity index (χ1n) is 8.46. The number of halogens is 3. The summed E-state index contributed by atoms with van der Waals surface area (Å²) in [6, 6.07) is 4.50. The molecular formula is C18H16F3N5O4. The molecule has 0 saturated carbocycles. The fraction of sp³-hybridized carbons (Fsp3) is 0.222. The Balaban J connectivity index is 1.88. The summed E-state index contributed by atoms with van der Waals surface area (Å²) >= 11 is 0. The van der Waals surface area contributed by atoms with Crippen LogP contribution in [-0.2, 0) is 19.8 Å². The monoisotopic (exact) mass is 423 g/mol. The van der Waals surface area contributed by atoms with Crippen molar-refractivity contribution in [3.63, 3.8) is 0 Å². The van der Waals surface area contributed by atoms with E-state index in [1.54, 1.807) is 0 Å². The highest BCUT2D eigenvalue weighted by atomic mass is 19.4. The van der Waals surface area contributed by atoms with Crippen LogP contribution in [-0.4, -0.2) is 32.8 Å². The van der Waals surface area contributed by atoms with Crippen LogP contribution in [0, 0.1) is 0 Å². The van der Waals surface area contributed by atoms with Crippen LogP contribution in [0.1, 0.15) is 21.6 Å². The Hall–Kier alpha value is -3.83. The van der Waals surface area contributed by atoms with Gasteiger partial charge in [-0.15, -0.1) is 0 Å². The van der Waals surface area contributed by atoms with Gasteiger partial charge in [-0.1, -0.05) is 17.3 Å². The highest BCUT2D eigenvalue weighted by Gasteiger charge is 2.30. The van der Waals surface area contributed by atoms with Crippen LogP contribution >= 0.6 is 0 Å². The minimum absolute atomic E-state index is 0.0215. The molecule has 9 nitrogen and oxygen atoms in total. The van der Waals surface area contributed by atoms with Gasteiger partial charge in [-0.3, -0.25) is 14.2 Å². The van der Waals surface area contributed by atoms with Gasteiger partial charge in [0.15, 0.2) is 5.69 Å². The van der Waals surface area contributed by atoms with Gasteiger partial charge in [-0.2, -0.15) is 13.2 Å². The maximum Gasteiger partial charge on any atom is 0.416 e. The number of aromatic nitrogens is 3. The Bertz CT molecular complexity index is 1110. The van der Waals surface area contributed by atoms with Crippen molar-refractivity contribution in [2.24, 2.45) is 7.05 Å². The fourth-order valence-corrected chi connectivity index (χ4v) is 2.68. The van der Waals surface area contributed by atoms with Crippen LogP contribution in [0.5, 0.6) is 5.75 Å². The number of nitrogens with zero attached hydrogens (tertiary/aromatic N) is 4. The predicted molar refractivity (Wildman–Crippen MR) is 99.2 cm³/mol. The van der Waals surface area contributed by atoms with E-state index in [9.17, 15) is 27.9 Å². The predicted octanol–water partition coefficient (Wildman–Crippen LogP) is 2.38. The molecule has 0 radical (unpaired) electrons. The van der Waals surface area contributed by atoms with E-state index in [0.717, 1.165) is 23.0 Å². The maximum atomic E-state index is 12.7. The molecule has 0 bridgehead atoms. The summed E-state index contributed by atoms with van der Waals surface area (Å²) in [6.07, 6.45) is -2.08. The number of carbonyl (C=O) groups excluding carboxylic acids is 1. The van der Waals surface area contributed by atoms with Crippen molar-refractivity contribution in [2.45, 2.75) is 12.7 Å². The first-order chi connectivity index (χ1) is 14.1. The number of anilines is 2. The first kappa shape index (κ1) is 20.9. The zero-order valence-electron chi connectivity index (χ0n) is 15.8. The van der Waals surface area contributed by atoms with E-state index < -0.39 is 34.6 Å². The molecule has 2 aromatic heterocycles. The summed E-state index contributed by atoms with van der Waals surface area (Å²) in [5, 5.41) is 15.9. The molecule has 0 spiro atoms. The quantitative estimate of drug-likeness (QED) is 0.648. The highest BCUT2D eigenvalue weighted by Crippen LogP contribution is 2.29. The van der Waals surface area contributed by atoms with Crippen molar-refractivity contribution < 1.29 is 27.6 Å². The number of aromatic hydroxyl groups is 1. The summed E-state index contributed by atoms with van der Waals surface area (Å²) in [6.45, 7) is 0.0932. The van der Waals surface area contributed by atoms with Gasteiger partial charge in [0, 0.05) is 20.6 Å². The molecule has 1 amide bonds. The fourth-order valence-electron chi connectivity index (χ4n) is 2.68. The number of hydrogen-bond donors (Lipinski definition) is 2. The van der Waals surface area contributed by atoms with Crippen molar-refractivity contribution in [1.82, 2.24) is 14.7 Å². The molecule has 2 heterocycles. The second kappa shape index (κ2) is 7.89. The van der Waals surface area contributed by atoms with Crippen LogP contribution in [0.2, 0.25) is 0 Å². The Morgan fingerprint density at radius 2 is 1.97 bits per heavy atom. The zero-order chi connectivity index (χ0) is 22.1. The largest absolute Gasteiger partial charge is 0.501 e. The van der Waals surface area contributed by atoms with Gasteiger partial charge in [0.25, 0.3) is 11.5 Å². The molecule has 0 saturated heterocycles. The van der Waals surface area contributed by atoms with Crippen molar-refractivity contribution in [3.05, 3.63) is 63.9 Å². The number of amides is 1. The van der Waals surface area contributed by atoms with E-state index in [1.807, 2.05) is 0 Å². The number of carbonyl (C=O) groups is 1. The van der Waals surface area contributed by atoms with Gasteiger partial charge in [0.1, 0.15) is 12.0 Å². The van der Waals surface area contributed by atoms with E-state index in [2.05, 4.69) is 20.0 Å². The Morgan fingerprint density at radius 1 is 1.30 bits per heavy atom. The lowest BCUT2D eigenvalue weighted by molar-refractivity contribution is -0.137. The summed E-state index contributed by atoms with van der Waals surface area (Å²) in [4.78, 5) is 30.2. The van der Waals surface area contributed by atoms with E-state index in [-0.39, 0.29) is 18.2 Å². The minimum atomic E-state index is -4.44. The van der Waals surface area contributed by atoms with Crippen molar-refractivity contribution in [1.29, 1.82) is 0 Å². The van der Waals surface area contributed by atoms with Gasteiger partial charge in [-0.25, -0.2) is 4.98 Å². The minimum Gasteiger partial charge on any atom is -0.501 e. The number of benzene rings is 1. The smallest absolute Gasteiger partial charge is 0.416 e. The van der Waals surface area contributed by atoms with E-state index in [1.165, 1.54) is 37.3 Å². The third kappa shape index (κ3) is 4.26. The van der Waals surface area contributed by atoms with Gasteiger partial charge in [0.2, 0.25) is 11.7 Å². The molecule has 3 aromatic rings. The Kier molecular flexibility index (Phi) is 5.49. The standard InChI is InChI=1S/C18H16F3N5O4/c1-25(8-10-3-5-11(6-4-10)18(19,20)21)17-24-13(14(27)16(29)26(17)2)15(28)23-12-7-22-30-9-12/h3-7,9,27H,8H2,1-2H3,(H,23,28). The molecular weight excluding hydrogens is 407 g/mol. The summed E-state index contributed by atoms with van der Waals surface area (Å²) in [5.41, 5.74) is -1.45. The zero-order valence-corrected chi connectivity index (χ0v) is 15.8. The molecule has 12 heteroatoms. The molecule has 158 valence electrons. The van der Waals surface area contributed by atoms with Crippen LogP contribution in [0.4, 0.5) is 24.8 Å². The van der Waals surface area contributed by atoms with Gasteiger partial charge in [-0.05, 0) is 17.7 Å². The molecule has 30 heavy (non-hydrogen) atoms. The summed E-state index contributed by atoms with van der Waals surface area (Å²) in [5.74, 6) is -1.69. The first-order valence-corrected chi connectivity index (χ1v) is 8.46. The molecule has 3 rings (SSSR count). The van der Waals surface area contributed by atoms with Crippen LogP contribution < -0.4 is 15.8 Å². The van der Waals surface area contributed by atoms with Crippen LogP contribution in [0.25, 0.3) is 0 Å². The molecule has 0 aliphatic rings. The lowest BCUT2D eigenvalue weighted by Gasteiger charge is -2.21. The normalized spacial score (nSPS) is 11.4. The second-order valence-electron chi connectivity index (χ2n) is 6.39. The van der Waals surface area contributed by atoms with Crippen LogP contribution in [0.3, 0.4) is 0 Å². The second-order valence-corrected chi connectivity index (χ2v) is 6.39.